The van der Waals surface area contributed by atoms with Crippen LogP contribution in [0, 0.1) is 0 Å². The summed E-state index contributed by atoms with van der Waals surface area (Å²) in [6.45, 7) is 0. The molecule has 10 aromatic carbocycles. The Morgan fingerprint density at radius 2 is 0.778 bits per heavy atom. The van der Waals surface area contributed by atoms with Crippen LogP contribution in [0.2, 0.25) is 0 Å². The van der Waals surface area contributed by atoms with Gasteiger partial charge in [-0.15, -0.1) is 0 Å². The lowest BCUT2D eigenvalue weighted by Gasteiger charge is -2.26. The second kappa shape index (κ2) is 15.3. The zero-order valence-corrected chi connectivity index (χ0v) is 34.4. The monoisotopic (exact) mass is 804 g/mol. The fourth-order valence-corrected chi connectivity index (χ4v) is 9.40. The number of hydrogen-bond acceptors (Lipinski definition) is 2. The lowest BCUT2D eigenvalue weighted by molar-refractivity contribution is 0.669. The van der Waals surface area contributed by atoms with Gasteiger partial charge in [-0.25, -0.2) is 0 Å². The fraction of sp³-hybridized carbons (Fsp3) is 0. The number of furan rings is 1. The fourth-order valence-electron chi connectivity index (χ4n) is 9.40. The smallest absolute Gasteiger partial charge is 0.136 e. The number of aromatic nitrogens is 1. The minimum atomic E-state index is 0.889. The van der Waals surface area contributed by atoms with Crippen LogP contribution in [-0.2, 0) is 0 Å². The number of para-hydroxylation sites is 3. The second-order valence-electron chi connectivity index (χ2n) is 16.1. The number of rotatable bonds is 8. The summed E-state index contributed by atoms with van der Waals surface area (Å²) in [6, 6.07) is 87.1. The molecule has 2 heterocycles. The van der Waals surface area contributed by atoms with Gasteiger partial charge >= 0.3 is 0 Å². The minimum absolute atomic E-state index is 0.889. The van der Waals surface area contributed by atoms with Crippen molar-refractivity contribution in [2.75, 3.05) is 4.90 Å². The predicted molar refractivity (Wildman–Crippen MR) is 264 cm³/mol. The average Bonchev–Trinajstić information content (AvgIpc) is 3.90. The van der Waals surface area contributed by atoms with Gasteiger partial charge in [0.1, 0.15) is 11.2 Å². The van der Waals surface area contributed by atoms with Gasteiger partial charge in [-0.2, -0.15) is 0 Å². The Kier molecular flexibility index (Phi) is 8.83. The highest BCUT2D eigenvalue weighted by Gasteiger charge is 2.17. The highest BCUT2D eigenvalue weighted by molar-refractivity contribution is 6.09. The van der Waals surface area contributed by atoms with E-state index < -0.39 is 0 Å². The molecular weight excluding hydrogens is 765 g/mol. The molecular formula is C60H40N2O. The van der Waals surface area contributed by atoms with E-state index in [1.54, 1.807) is 0 Å². The number of benzene rings is 10. The molecule has 0 N–H and O–H groups in total. The zero-order valence-electron chi connectivity index (χ0n) is 34.4. The van der Waals surface area contributed by atoms with E-state index in [0.717, 1.165) is 66.9 Å². The highest BCUT2D eigenvalue weighted by Crippen LogP contribution is 2.41. The van der Waals surface area contributed by atoms with Gasteiger partial charge < -0.3 is 13.9 Å². The SMILES string of the molecule is c1ccc(-c2ccccc2-c2ccc(N(c3ccc(-c4cccc(-n5c6ccccc6c6ccccc65)c4)cc3)c3cccc(-c4ccc5c(c4)oc4ccccc45)c3)cc2)cc1. The molecule has 3 nitrogen and oxygen atoms in total. The number of anilines is 3. The van der Waals surface area contributed by atoms with Crippen molar-refractivity contribution in [3.63, 3.8) is 0 Å². The molecule has 0 saturated carbocycles. The van der Waals surface area contributed by atoms with E-state index in [0.29, 0.717) is 0 Å². The Morgan fingerprint density at radius 3 is 1.48 bits per heavy atom. The first kappa shape index (κ1) is 36.5. The normalized spacial score (nSPS) is 11.5. The third-order valence-electron chi connectivity index (χ3n) is 12.4. The van der Waals surface area contributed by atoms with Crippen molar-refractivity contribution in [2.24, 2.45) is 0 Å². The van der Waals surface area contributed by atoms with Crippen LogP contribution in [-0.4, -0.2) is 4.57 Å². The third kappa shape index (κ3) is 6.46. The van der Waals surface area contributed by atoms with Crippen LogP contribution < -0.4 is 4.90 Å². The first-order valence-electron chi connectivity index (χ1n) is 21.5. The lowest BCUT2D eigenvalue weighted by atomic mass is 9.94. The molecule has 0 spiro atoms. The molecule has 2 aromatic heterocycles. The summed E-state index contributed by atoms with van der Waals surface area (Å²) >= 11 is 0. The van der Waals surface area contributed by atoms with Gasteiger partial charge in [-0.3, -0.25) is 0 Å². The highest BCUT2D eigenvalue weighted by atomic mass is 16.3. The Hall–Kier alpha value is -8.40. The van der Waals surface area contributed by atoms with Crippen LogP contribution in [0.15, 0.2) is 247 Å². The Balaban J connectivity index is 0.941. The molecule has 0 saturated heterocycles. The van der Waals surface area contributed by atoms with E-state index in [2.05, 4.69) is 240 Å². The van der Waals surface area contributed by atoms with Crippen molar-refractivity contribution >= 4 is 60.8 Å². The van der Waals surface area contributed by atoms with Crippen molar-refractivity contribution in [1.82, 2.24) is 4.57 Å². The second-order valence-corrected chi connectivity index (χ2v) is 16.1. The predicted octanol–water partition coefficient (Wildman–Crippen LogP) is 16.8. The van der Waals surface area contributed by atoms with E-state index in [1.807, 2.05) is 12.1 Å². The summed E-state index contributed by atoms with van der Waals surface area (Å²) in [6.07, 6.45) is 0. The summed E-state index contributed by atoms with van der Waals surface area (Å²) in [5.74, 6) is 0. The maximum Gasteiger partial charge on any atom is 0.136 e. The van der Waals surface area contributed by atoms with Crippen molar-refractivity contribution in [2.45, 2.75) is 0 Å². The van der Waals surface area contributed by atoms with E-state index in [1.165, 1.54) is 44.1 Å². The molecule has 296 valence electrons. The van der Waals surface area contributed by atoms with Gasteiger partial charge in [-0.05, 0) is 123 Å². The topological polar surface area (TPSA) is 21.3 Å². The molecule has 0 atom stereocenters. The molecule has 0 aliphatic rings. The molecule has 0 bridgehead atoms. The Morgan fingerprint density at radius 1 is 0.286 bits per heavy atom. The summed E-state index contributed by atoms with van der Waals surface area (Å²) in [5, 5.41) is 4.78. The van der Waals surface area contributed by atoms with Crippen LogP contribution >= 0.6 is 0 Å². The van der Waals surface area contributed by atoms with Crippen LogP contribution in [0.25, 0.3) is 93.9 Å². The molecule has 63 heavy (non-hydrogen) atoms. The average molecular weight is 805 g/mol. The Bertz CT molecular complexity index is 3560. The van der Waals surface area contributed by atoms with Gasteiger partial charge in [0.05, 0.1) is 11.0 Å². The van der Waals surface area contributed by atoms with Gasteiger partial charge in [0.2, 0.25) is 0 Å². The van der Waals surface area contributed by atoms with E-state index in [-0.39, 0.29) is 0 Å². The van der Waals surface area contributed by atoms with E-state index in [9.17, 15) is 0 Å². The number of hydrogen-bond donors (Lipinski definition) is 0. The first-order chi connectivity index (χ1) is 31.2. The molecule has 3 heteroatoms. The van der Waals surface area contributed by atoms with Crippen LogP contribution in [0.1, 0.15) is 0 Å². The zero-order chi connectivity index (χ0) is 41.7. The van der Waals surface area contributed by atoms with E-state index in [4.69, 9.17) is 4.42 Å². The number of nitrogens with zero attached hydrogens (tertiary/aromatic N) is 2. The first-order valence-corrected chi connectivity index (χ1v) is 21.5. The maximum absolute atomic E-state index is 6.32. The van der Waals surface area contributed by atoms with Crippen LogP contribution in [0.3, 0.4) is 0 Å². The molecule has 0 aliphatic carbocycles. The van der Waals surface area contributed by atoms with Gasteiger partial charge in [-0.1, -0.05) is 164 Å². The standard InChI is InChI=1S/C60H40N2O/c1-2-14-42(15-3-1)51-20-4-5-21-52(51)43-30-35-48(36-31-43)61(49-18-13-17-45(39-49)46-32-37-56-55-24-8-11-27-59(55)63-60(56)40-46)47-33-28-41(29-34-47)44-16-12-19-50(38-44)62-57-25-9-6-22-53(57)54-23-7-10-26-58(54)62/h1-40H. The van der Waals surface area contributed by atoms with Crippen LogP contribution in [0.4, 0.5) is 17.1 Å². The quantitative estimate of drug-likeness (QED) is 0.153. The number of fused-ring (bicyclic) bond motifs is 6. The maximum atomic E-state index is 6.32. The molecule has 12 rings (SSSR count). The molecule has 0 radical (unpaired) electrons. The van der Waals surface area contributed by atoms with Gasteiger partial charge in [0.15, 0.2) is 0 Å². The molecule has 0 amide bonds. The van der Waals surface area contributed by atoms with Crippen molar-refractivity contribution in [1.29, 1.82) is 0 Å². The van der Waals surface area contributed by atoms with Gasteiger partial charge in [0.25, 0.3) is 0 Å². The third-order valence-corrected chi connectivity index (χ3v) is 12.4. The van der Waals surface area contributed by atoms with Crippen molar-refractivity contribution < 1.29 is 4.42 Å². The minimum Gasteiger partial charge on any atom is -0.456 e. The Labute approximate surface area is 366 Å². The summed E-state index contributed by atoms with van der Waals surface area (Å²) in [7, 11) is 0. The summed E-state index contributed by atoms with van der Waals surface area (Å²) < 4.78 is 8.70. The molecule has 0 aliphatic heterocycles. The van der Waals surface area contributed by atoms with Crippen molar-refractivity contribution in [3.05, 3.63) is 243 Å². The van der Waals surface area contributed by atoms with E-state index >= 15 is 0 Å². The van der Waals surface area contributed by atoms with Gasteiger partial charge in [0, 0.05) is 44.3 Å². The molecule has 0 fully saturated rings. The summed E-state index contributed by atoms with van der Waals surface area (Å²) in [4.78, 5) is 2.36. The largest absolute Gasteiger partial charge is 0.456 e. The molecule has 0 unspecified atom stereocenters. The summed E-state index contributed by atoms with van der Waals surface area (Å²) in [5.41, 5.74) is 17.9. The van der Waals surface area contributed by atoms with Crippen molar-refractivity contribution in [3.8, 4) is 50.2 Å². The van der Waals surface area contributed by atoms with Crippen LogP contribution in [0.5, 0.6) is 0 Å². The molecule has 12 aromatic rings. The lowest BCUT2D eigenvalue weighted by Crippen LogP contribution is -2.10.